The molecule has 0 bridgehead atoms. The Kier molecular flexibility index (Phi) is 4.56. The standard InChI is InChI=1S/C20H21N3O/c1-13-16-8-4-5-10-19(16)22-14(2)17(13)12-20(24)23-15(3)18-9-6-7-11-21-18/h4-11,15H,12H2,1-3H3,(H,23,24). The number of rotatable bonds is 4. The summed E-state index contributed by atoms with van der Waals surface area (Å²) in [6, 6.07) is 13.6. The minimum absolute atomic E-state index is 0.0172. The average Bonchev–Trinajstić information content (AvgIpc) is 2.59. The molecule has 3 rings (SSSR count). The van der Waals surface area contributed by atoms with Crippen molar-refractivity contribution >= 4 is 16.8 Å². The summed E-state index contributed by atoms with van der Waals surface area (Å²) in [5, 5.41) is 4.12. The number of nitrogens with zero attached hydrogens (tertiary/aromatic N) is 2. The second-order valence-electron chi connectivity index (χ2n) is 6.04. The molecule has 0 spiro atoms. The Balaban J connectivity index is 1.81. The van der Waals surface area contributed by atoms with Crippen molar-refractivity contribution in [1.82, 2.24) is 15.3 Å². The monoisotopic (exact) mass is 319 g/mol. The fourth-order valence-electron chi connectivity index (χ4n) is 2.99. The third-order valence-corrected chi connectivity index (χ3v) is 4.33. The molecule has 0 saturated carbocycles. The highest BCUT2D eigenvalue weighted by atomic mass is 16.1. The van der Waals surface area contributed by atoms with E-state index in [2.05, 4.69) is 28.3 Å². The first kappa shape index (κ1) is 16.1. The van der Waals surface area contributed by atoms with Crippen molar-refractivity contribution in [1.29, 1.82) is 0 Å². The van der Waals surface area contributed by atoms with Gasteiger partial charge < -0.3 is 5.32 Å². The van der Waals surface area contributed by atoms with Crippen LogP contribution in [-0.2, 0) is 11.2 Å². The van der Waals surface area contributed by atoms with Gasteiger partial charge in [0.15, 0.2) is 0 Å². The van der Waals surface area contributed by atoms with Crippen LogP contribution >= 0.6 is 0 Å². The number of para-hydroxylation sites is 1. The molecule has 0 aliphatic carbocycles. The number of carbonyl (C=O) groups is 1. The molecule has 0 saturated heterocycles. The second-order valence-corrected chi connectivity index (χ2v) is 6.04. The summed E-state index contributed by atoms with van der Waals surface area (Å²) in [7, 11) is 0. The zero-order valence-corrected chi connectivity index (χ0v) is 14.2. The van der Waals surface area contributed by atoms with Gasteiger partial charge in [0.1, 0.15) is 0 Å². The summed E-state index contributed by atoms with van der Waals surface area (Å²) in [6.07, 6.45) is 2.06. The van der Waals surface area contributed by atoms with Gasteiger partial charge in [0.25, 0.3) is 0 Å². The van der Waals surface area contributed by atoms with Crippen molar-refractivity contribution in [3.05, 3.63) is 71.2 Å². The molecule has 1 aromatic carbocycles. The molecule has 1 atom stereocenters. The van der Waals surface area contributed by atoms with E-state index in [4.69, 9.17) is 0 Å². The zero-order valence-electron chi connectivity index (χ0n) is 14.2. The van der Waals surface area contributed by atoms with Crippen molar-refractivity contribution in [3.8, 4) is 0 Å². The van der Waals surface area contributed by atoms with E-state index >= 15 is 0 Å². The third-order valence-electron chi connectivity index (χ3n) is 4.33. The van der Waals surface area contributed by atoms with Gasteiger partial charge in [-0.1, -0.05) is 24.3 Å². The topological polar surface area (TPSA) is 54.9 Å². The molecule has 3 aromatic rings. The van der Waals surface area contributed by atoms with Crippen LogP contribution in [0, 0.1) is 13.8 Å². The van der Waals surface area contributed by atoms with E-state index < -0.39 is 0 Å². The number of aryl methyl sites for hydroxylation is 2. The Morgan fingerprint density at radius 1 is 1.12 bits per heavy atom. The molecule has 2 aromatic heterocycles. The summed E-state index contributed by atoms with van der Waals surface area (Å²) in [5.74, 6) is -0.0172. The van der Waals surface area contributed by atoms with Crippen LogP contribution in [0.25, 0.3) is 10.9 Å². The molecule has 0 fully saturated rings. The van der Waals surface area contributed by atoms with Crippen LogP contribution in [0.4, 0.5) is 0 Å². The molecular weight excluding hydrogens is 298 g/mol. The van der Waals surface area contributed by atoms with E-state index in [0.717, 1.165) is 33.4 Å². The molecular formula is C20H21N3O. The fraction of sp³-hybridized carbons (Fsp3) is 0.250. The van der Waals surface area contributed by atoms with Gasteiger partial charge in [-0.25, -0.2) is 0 Å². The minimum Gasteiger partial charge on any atom is -0.348 e. The van der Waals surface area contributed by atoms with Crippen LogP contribution in [0.15, 0.2) is 48.7 Å². The second kappa shape index (κ2) is 6.79. The SMILES string of the molecule is Cc1nc2ccccc2c(C)c1CC(=O)NC(C)c1ccccn1. The maximum Gasteiger partial charge on any atom is 0.225 e. The van der Waals surface area contributed by atoms with Gasteiger partial charge in [-0.05, 0) is 50.1 Å². The Morgan fingerprint density at radius 2 is 1.88 bits per heavy atom. The lowest BCUT2D eigenvalue weighted by Crippen LogP contribution is -2.29. The molecule has 1 N–H and O–H groups in total. The van der Waals surface area contributed by atoms with E-state index in [-0.39, 0.29) is 11.9 Å². The Bertz CT molecular complexity index is 875. The first-order valence-corrected chi connectivity index (χ1v) is 8.11. The van der Waals surface area contributed by atoms with Crippen LogP contribution in [-0.4, -0.2) is 15.9 Å². The Hall–Kier alpha value is -2.75. The summed E-state index contributed by atoms with van der Waals surface area (Å²) in [5.41, 5.74) is 4.86. The van der Waals surface area contributed by atoms with E-state index in [0.29, 0.717) is 6.42 Å². The first-order chi connectivity index (χ1) is 11.6. The Morgan fingerprint density at radius 3 is 2.62 bits per heavy atom. The number of hydrogen-bond donors (Lipinski definition) is 1. The summed E-state index contributed by atoms with van der Waals surface area (Å²) in [6.45, 7) is 5.96. The lowest BCUT2D eigenvalue weighted by Gasteiger charge is -2.16. The molecule has 1 amide bonds. The Labute approximate surface area is 142 Å². The molecule has 0 radical (unpaired) electrons. The third kappa shape index (κ3) is 3.27. The first-order valence-electron chi connectivity index (χ1n) is 8.11. The van der Waals surface area contributed by atoms with Gasteiger partial charge in [-0.2, -0.15) is 0 Å². The molecule has 0 aliphatic heterocycles. The van der Waals surface area contributed by atoms with Crippen LogP contribution in [0.5, 0.6) is 0 Å². The van der Waals surface area contributed by atoms with E-state index in [1.807, 2.05) is 50.2 Å². The maximum atomic E-state index is 12.5. The summed E-state index contributed by atoms with van der Waals surface area (Å²) >= 11 is 0. The number of nitrogens with one attached hydrogen (secondary N) is 1. The van der Waals surface area contributed by atoms with Crippen LogP contribution < -0.4 is 5.32 Å². The maximum absolute atomic E-state index is 12.5. The van der Waals surface area contributed by atoms with Gasteiger partial charge >= 0.3 is 0 Å². The molecule has 0 aliphatic rings. The van der Waals surface area contributed by atoms with E-state index in [1.54, 1.807) is 6.20 Å². The van der Waals surface area contributed by atoms with Crippen molar-refractivity contribution in [3.63, 3.8) is 0 Å². The number of carbonyl (C=O) groups excluding carboxylic acids is 1. The van der Waals surface area contributed by atoms with E-state index in [9.17, 15) is 4.79 Å². The number of pyridine rings is 2. The van der Waals surface area contributed by atoms with Gasteiger partial charge in [0, 0.05) is 17.3 Å². The van der Waals surface area contributed by atoms with Crippen molar-refractivity contribution in [2.24, 2.45) is 0 Å². The predicted molar refractivity (Wildman–Crippen MR) is 95.7 cm³/mol. The highest BCUT2D eigenvalue weighted by Crippen LogP contribution is 2.23. The number of fused-ring (bicyclic) bond motifs is 1. The quantitative estimate of drug-likeness (QED) is 0.798. The molecule has 2 heterocycles. The number of aromatic nitrogens is 2. The van der Waals surface area contributed by atoms with Gasteiger partial charge in [-0.3, -0.25) is 14.8 Å². The smallest absolute Gasteiger partial charge is 0.225 e. The summed E-state index contributed by atoms with van der Waals surface area (Å²) < 4.78 is 0. The van der Waals surface area contributed by atoms with Gasteiger partial charge in [-0.15, -0.1) is 0 Å². The predicted octanol–water partition coefficient (Wildman–Crippen LogP) is 3.67. The zero-order chi connectivity index (χ0) is 17.1. The lowest BCUT2D eigenvalue weighted by atomic mass is 9.99. The lowest BCUT2D eigenvalue weighted by molar-refractivity contribution is -0.121. The van der Waals surface area contributed by atoms with E-state index in [1.165, 1.54) is 0 Å². The van der Waals surface area contributed by atoms with Crippen LogP contribution in [0.2, 0.25) is 0 Å². The number of hydrogen-bond acceptors (Lipinski definition) is 3. The molecule has 122 valence electrons. The molecule has 1 unspecified atom stereocenters. The normalized spacial score (nSPS) is 12.1. The van der Waals surface area contributed by atoms with Crippen molar-refractivity contribution in [2.45, 2.75) is 33.2 Å². The average molecular weight is 319 g/mol. The molecule has 4 heteroatoms. The van der Waals surface area contributed by atoms with Crippen molar-refractivity contribution < 1.29 is 4.79 Å². The molecule has 4 nitrogen and oxygen atoms in total. The number of amides is 1. The van der Waals surface area contributed by atoms with Crippen LogP contribution in [0.3, 0.4) is 0 Å². The highest BCUT2D eigenvalue weighted by molar-refractivity contribution is 5.86. The minimum atomic E-state index is -0.118. The van der Waals surface area contributed by atoms with Crippen LogP contribution in [0.1, 0.15) is 35.5 Å². The fourth-order valence-corrected chi connectivity index (χ4v) is 2.99. The van der Waals surface area contributed by atoms with Crippen molar-refractivity contribution in [2.75, 3.05) is 0 Å². The van der Waals surface area contributed by atoms with Gasteiger partial charge in [0.05, 0.1) is 23.7 Å². The highest BCUT2D eigenvalue weighted by Gasteiger charge is 2.15. The largest absolute Gasteiger partial charge is 0.348 e. The van der Waals surface area contributed by atoms with Gasteiger partial charge in [0.2, 0.25) is 5.91 Å². The molecule has 24 heavy (non-hydrogen) atoms. The summed E-state index contributed by atoms with van der Waals surface area (Å²) in [4.78, 5) is 21.4. The number of benzene rings is 1.